The largest absolute Gasteiger partial charge is 0.573 e. The Balaban J connectivity index is 1.26. The van der Waals surface area contributed by atoms with Crippen LogP contribution >= 0.6 is 0 Å². The fourth-order valence-corrected chi connectivity index (χ4v) is 4.32. The number of carbonyl (C=O) groups excluding carboxylic acids is 3. The Morgan fingerprint density at radius 1 is 1.00 bits per heavy atom. The second-order valence-electron chi connectivity index (χ2n) is 8.93. The molecule has 1 aliphatic heterocycles. The van der Waals surface area contributed by atoms with Gasteiger partial charge in [0.15, 0.2) is 0 Å². The van der Waals surface area contributed by atoms with Gasteiger partial charge in [-0.15, -0.1) is 13.2 Å². The van der Waals surface area contributed by atoms with Crippen molar-refractivity contribution < 1.29 is 32.3 Å². The van der Waals surface area contributed by atoms with E-state index in [1.165, 1.54) is 23.2 Å². The van der Waals surface area contributed by atoms with Crippen LogP contribution in [-0.2, 0) is 17.9 Å². The molecule has 38 heavy (non-hydrogen) atoms. The van der Waals surface area contributed by atoms with Crippen LogP contribution < -0.4 is 20.3 Å². The number of aromatic nitrogens is 1. The molecule has 12 heteroatoms. The standard InChI is InChI=1S/C26H22F3N5O4/c27-26(28,29)38-20-8-6-19(7-9-20)34-22(35)25(11-12-25)33(24(34)37)16-18-10-13-30-21(14-18)32-23(36)31-15-17-4-2-1-3-5-17/h1-10,13-14H,11-12,15-16H2,(H2,30,31,32,36). The molecule has 1 saturated carbocycles. The zero-order chi connectivity index (χ0) is 26.9. The summed E-state index contributed by atoms with van der Waals surface area (Å²) in [4.78, 5) is 45.4. The number of alkyl halides is 3. The minimum Gasteiger partial charge on any atom is -0.406 e. The molecule has 0 bridgehead atoms. The molecule has 5 rings (SSSR count). The molecule has 1 aliphatic carbocycles. The monoisotopic (exact) mass is 525 g/mol. The van der Waals surface area contributed by atoms with Gasteiger partial charge in [0.25, 0.3) is 5.91 Å². The summed E-state index contributed by atoms with van der Waals surface area (Å²) in [5.74, 6) is -0.615. The third kappa shape index (κ3) is 5.24. The first kappa shape index (κ1) is 25.1. The molecule has 1 saturated heterocycles. The van der Waals surface area contributed by atoms with Crippen molar-refractivity contribution in [3.05, 3.63) is 84.1 Å². The first-order valence-corrected chi connectivity index (χ1v) is 11.7. The number of hydrogen-bond acceptors (Lipinski definition) is 5. The molecule has 196 valence electrons. The van der Waals surface area contributed by atoms with Gasteiger partial charge in [-0.05, 0) is 60.4 Å². The van der Waals surface area contributed by atoms with Gasteiger partial charge < -0.3 is 15.0 Å². The van der Waals surface area contributed by atoms with Gasteiger partial charge in [-0.1, -0.05) is 30.3 Å². The number of halogens is 3. The number of nitrogens with zero attached hydrogens (tertiary/aromatic N) is 3. The Hall–Kier alpha value is -4.61. The lowest BCUT2D eigenvalue weighted by atomic mass is 10.2. The Morgan fingerprint density at radius 3 is 2.37 bits per heavy atom. The zero-order valence-corrected chi connectivity index (χ0v) is 19.9. The van der Waals surface area contributed by atoms with E-state index in [1.807, 2.05) is 30.3 Å². The van der Waals surface area contributed by atoms with Crippen LogP contribution in [0.15, 0.2) is 72.9 Å². The average Bonchev–Trinajstić information content (AvgIpc) is 3.66. The molecule has 5 amide bonds. The summed E-state index contributed by atoms with van der Waals surface area (Å²) in [6, 6.07) is 16.2. The molecule has 0 unspecified atom stereocenters. The molecule has 3 aromatic rings. The van der Waals surface area contributed by atoms with Gasteiger partial charge in [0.1, 0.15) is 17.1 Å². The van der Waals surface area contributed by atoms with Crippen LogP contribution in [0.3, 0.4) is 0 Å². The number of benzene rings is 2. The van der Waals surface area contributed by atoms with Crippen LogP contribution in [0.25, 0.3) is 0 Å². The Morgan fingerprint density at radius 2 is 1.71 bits per heavy atom. The number of carbonyl (C=O) groups is 3. The van der Waals surface area contributed by atoms with Crippen LogP contribution in [0.2, 0.25) is 0 Å². The molecule has 2 aromatic carbocycles. The van der Waals surface area contributed by atoms with Crippen molar-refractivity contribution in [3.63, 3.8) is 0 Å². The van der Waals surface area contributed by atoms with Crippen molar-refractivity contribution in [3.8, 4) is 5.75 Å². The minimum atomic E-state index is -4.85. The van der Waals surface area contributed by atoms with E-state index < -0.39 is 35.6 Å². The highest BCUT2D eigenvalue weighted by atomic mass is 19.4. The highest BCUT2D eigenvalue weighted by Gasteiger charge is 2.65. The van der Waals surface area contributed by atoms with Gasteiger partial charge in [-0.25, -0.2) is 19.5 Å². The zero-order valence-electron chi connectivity index (χ0n) is 19.9. The van der Waals surface area contributed by atoms with E-state index in [4.69, 9.17) is 0 Å². The minimum absolute atomic E-state index is 0.0825. The first-order valence-electron chi connectivity index (χ1n) is 11.7. The third-order valence-electron chi connectivity index (χ3n) is 6.29. The highest BCUT2D eigenvalue weighted by Crippen LogP contribution is 2.49. The summed E-state index contributed by atoms with van der Waals surface area (Å²) in [5.41, 5.74) is 0.725. The number of nitrogens with one attached hydrogen (secondary N) is 2. The molecule has 0 radical (unpaired) electrons. The van der Waals surface area contributed by atoms with Crippen molar-refractivity contribution in [1.82, 2.24) is 15.2 Å². The lowest BCUT2D eigenvalue weighted by Crippen LogP contribution is -2.36. The van der Waals surface area contributed by atoms with Crippen molar-refractivity contribution in [2.75, 3.05) is 10.2 Å². The van der Waals surface area contributed by atoms with Crippen LogP contribution in [-0.4, -0.2) is 39.8 Å². The van der Waals surface area contributed by atoms with Gasteiger partial charge in [0.05, 0.1) is 5.69 Å². The van der Waals surface area contributed by atoms with E-state index >= 15 is 0 Å². The third-order valence-corrected chi connectivity index (χ3v) is 6.29. The summed E-state index contributed by atoms with van der Waals surface area (Å²) in [6.07, 6.45) is -2.42. The summed E-state index contributed by atoms with van der Waals surface area (Å²) >= 11 is 0. The molecule has 2 fully saturated rings. The van der Waals surface area contributed by atoms with Gasteiger partial charge in [0, 0.05) is 19.3 Å². The van der Waals surface area contributed by atoms with Gasteiger partial charge in [-0.3, -0.25) is 10.1 Å². The smallest absolute Gasteiger partial charge is 0.406 e. The lowest BCUT2D eigenvalue weighted by molar-refractivity contribution is -0.274. The fraction of sp³-hybridized carbons (Fsp3) is 0.231. The molecule has 2 aliphatic rings. The summed E-state index contributed by atoms with van der Waals surface area (Å²) in [5, 5.41) is 5.39. The maximum atomic E-state index is 13.3. The maximum absolute atomic E-state index is 13.3. The van der Waals surface area contributed by atoms with E-state index in [2.05, 4.69) is 20.4 Å². The molecule has 9 nitrogen and oxygen atoms in total. The summed E-state index contributed by atoms with van der Waals surface area (Å²) < 4.78 is 41.3. The Labute approximate surface area is 215 Å². The van der Waals surface area contributed by atoms with Gasteiger partial charge >= 0.3 is 18.4 Å². The molecular formula is C26H22F3N5O4. The predicted octanol–water partition coefficient (Wildman–Crippen LogP) is 4.80. The van der Waals surface area contributed by atoms with E-state index in [-0.39, 0.29) is 18.1 Å². The molecular weight excluding hydrogens is 503 g/mol. The van der Waals surface area contributed by atoms with E-state index in [0.29, 0.717) is 24.9 Å². The van der Waals surface area contributed by atoms with Crippen LogP contribution in [0.5, 0.6) is 5.75 Å². The number of amides is 5. The second-order valence-corrected chi connectivity index (χ2v) is 8.93. The summed E-state index contributed by atoms with van der Waals surface area (Å²) in [6.45, 7) is 0.414. The van der Waals surface area contributed by atoms with Crippen LogP contribution in [0.4, 0.5) is 34.3 Å². The number of rotatable bonds is 7. The van der Waals surface area contributed by atoms with Crippen LogP contribution in [0.1, 0.15) is 24.0 Å². The Kier molecular flexibility index (Phi) is 6.39. The maximum Gasteiger partial charge on any atom is 0.573 e. The molecule has 1 aromatic heterocycles. The Bertz CT molecular complexity index is 1360. The number of ether oxygens (including phenoxy) is 1. The van der Waals surface area contributed by atoms with Gasteiger partial charge in [0.2, 0.25) is 0 Å². The molecule has 1 spiro atoms. The van der Waals surface area contributed by atoms with Crippen LogP contribution in [0, 0.1) is 0 Å². The number of pyridine rings is 1. The summed E-state index contributed by atoms with van der Waals surface area (Å²) in [7, 11) is 0. The predicted molar refractivity (Wildman–Crippen MR) is 130 cm³/mol. The topological polar surface area (TPSA) is 104 Å². The van der Waals surface area contributed by atoms with Crippen molar-refractivity contribution >= 4 is 29.5 Å². The van der Waals surface area contributed by atoms with E-state index in [0.717, 1.165) is 22.6 Å². The van der Waals surface area contributed by atoms with Crippen molar-refractivity contribution in [2.24, 2.45) is 0 Å². The highest BCUT2D eigenvalue weighted by molar-refractivity contribution is 6.24. The number of hydrogen-bond donors (Lipinski definition) is 2. The quantitative estimate of drug-likeness (QED) is 0.431. The first-order chi connectivity index (χ1) is 18.1. The second kappa shape index (κ2) is 9.69. The SMILES string of the molecule is O=C(NCc1ccccc1)Nc1cc(CN2C(=O)N(c3ccc(OC(F)(F)F)cc3)C(=O)C23CC3)ccn1. The number of urea groups is 2. The molecule has 0 atom stereocenters. The number of imide groups is 1. The van der Waals surface area contributed by atoms with Gasteiger partial charge in [-0.2, -0.15) is 0 Å². The van der Waals surface area contributed by atoms with Crippen molar-refractivity contribution in [2.45, 2.75) is 37.8 Å². The molecule has 2 N–H and O–H groups in total. The fourth-order valence-electron chi connectivity index (χ4n) is 4.32. The van der Waals surface area contributed by atoms with Crippen molar-refractivity contribution in [1.29, 1.82) is 0 Å². The van der Waals surface area contributed by atoms with E-state index in [1.54, 1.807) is 12.1 Å². The molecule has 2 heterocycles. The van der Waals surface area contributed by atoms with E-state index in [9.17, 15) is 27.6 Å². The normalized spacial score (nSPS) is 16.1. The average molecular weight is 525 g/mol. The lowest BCUT2D eigenvalue weighted by Gasteiger charge is -2.21. The number of anilines is 2.